The van der Waals surface area contributed by atoms with Crippen molar-refractivity contribution in [1.82, 2.24) is 19.6 Å². The third-order valence-corrected chi connectivity index (χ3v) is 6.39. The van der Waals surface area contributed by atoms with Crippen molar-refractivity contribution in [1.29, 1.82) is 0 Å². The first-order chi connectivity index (χ1) is 15.4. The molecule has 2 aliphatic rings. The normalized spacial score (nSPS) is 22.7. The van der Waals surface area contributed by atoms with Gasteiger partial charge in [-0.1, -0.05) is 18.2 Å². The van der Waals surface area contributed by atoms with E-state index in [0.717, 1.165) is 25.0 Å². The molecule has 2 aromatic rings. The van der Waals surface area contributed by atoms with Gasteiger partial charge < -0.3 is 19.3 Å². The first kappa shape index (κ1) is 22.3. The van der Waals surface area contributed by atoms with Gasteiger partial charge in [-0.15, -0.1) is 0 Å². The quantitative estimate of drug-likeness (QED) is 0.680. The highest BCUT2D eigenvalue weighted by molar-refractivity contribution is 5.96. The van der Waals surface area contributed by atoms with E-state index in [1.54, 1.807) is 34.8 Å². The number of rotatable bonds is 1. The molecule has 1 spiro atoms. The van der Waals surface area contributed by atoms with Crippen LogP contribution in [-0.4, -0.2) is 76.9 Å². The van der Waals surface area contributed by atoms with Crippen LogP contribution in [0.3, 0.4) is 0 Å². The van der Waals surface area contributed by atoms with E-state index in [2.05, 4.69) is 11.2 Å². The molecule has 8 nitrogen and oxygen atoms in total. The van der Waals surface area contributed by atoms with Crippen molar-refractivity contribution in [3.8, 4) is 5.75 Å². The second-order valence-corrected chi connectivity index (χ2v) is 8.76. The molecule has 32 heavy (non-hydrogen) atoms. The Morgan fingerprint density at radius 3 is 2.72 bits per heavy atom. The maximum absolute atomic E-state index is 13.6. The first-order valence-electron chi connectivity index (χ1n) is 11.3. The fourth-order valence-electron chi connectivity index (χ4n) is 4.64. The van der Waals surface area contributed by atoms with Crippen molar-refractivity contribution < 1.29 is 19.1 Å². The van der Waals surface area contributed by atoms with Gasteiger partial charge in [0.1, 0.15) is 12.4 Å². The monoisotopic (exact) mass is 440 g/mol. The summed E-state index contributed by atoms with van der Waals surface area (Å²) in [5.74, 6) is 0.702. The SMILES string of the molecule is Cc1nn(C)cc1C(=O)N1CCOC2(CCCCc3ccccc3OCCN(C)C2=O)C1. The van der Waals surface area contributed by atoms with E-state index in [4.69, 9.17) is 9.47 Å². The predicted molar refractivity (Wildman–Crippen MR) is 120 cm³/mol. The van der Waals surface area contributed by atoms with Crippen LogP contribution in [0.4, 0.5) is 0 Å². The van der Waals surface area contributed by atoms with Gasteiger partial charge in [0.25, 0.3) is 11.8 Å². The van der Waals surface area contributed by atoms with Crippen LogP contribution in [-0.2, 0) is 23.0 Å². The van der Waals surface area contributed by atoms with Gasteiger partial charge in [0.05, 0.1) is 31.0 Å². The number of ether oxygens (including phenoxy) is 2. The Morgan fingerprint density at radius 1 is 1.12 bits per heavy atom. The number of carbonyl (C=O) groups is 2. The molecule has 4 rings (SSSR count). The summed E-state index contributed by atoms with van der Waals surface area (Å²) in [7, 11) is 3.58. The van der Waals surface area contributed by atoms with Gasteiger partial charge in [-0.2, -0.15) is 5.10 Å². The smallest absolute Gasteiger partial charge is 0.257 e. The highest BCUT2D eigenvalue weighted by atomic mass is 16.5. The highest BCUT2D eigenvalue weighted by Gasteiger charge is 2.46. The standard InChI is InChI=1S/C24H32N4O4/c1-18-20(16-27(3)25-18)22(29)28-13-15-32-24(17-28)11-7-6-9-19-8-4-5-10-21(19)31-14-12-26(2)23(24)30/h4-5,8,10,16H,6-7,9,11-15,17H2,1-3H3. The molecule has 2 amide bonds. The van der Waals surface area contributed by atoms with Gasteiger partial charge in [-0.25, -0.2) is 0 Å². The summed E-state index contributed by atoms with van der Waals surface area (Å²) in [6, 6.07) is 8.08. The van der Waals surface area contributed by atoms with Crippen LogP contribution in [0.2, 0.25) is 0 Å². The zero-order valence-corrected chi connectivity index (χ0v) is 19.2. The van der Waals surface area contributed by atoms with Gasteiger partial charge in [0.15, 0.2) is 5.60 Å². The number of fused-ring (bicyclic) bond motifs is 1. The van der Waals surface area contributed by atoms with E-state index in [1.165, 1.54) is 5.56 Å². The molecule has 2 aliphatic heterocycles. The molecule has 0 radical (unpaired) electrons. The van der Waals surface area contributed by atoms with E-state index in [-0.39, 0.29) is 18.4 Å². The first-order valence-corrected chi connectivity index (χ1v) is 11.3. The maximum atomic E-state index is 13.6. The fourth-order valence-corrected chi connectivity index (χ4v) is 4.64. The summed E-state index contributed by atoms with van der Waals surface area (Å²) in [4.78, 5) is 30.2. The van der Waals surface area contributed by atoms with Crippen molar-refractivity contribution in [2.45, 2.75) is 38.2 Å². The number of para-hydroxylation sites is 1. The lowest BCUT2D eigenvalue weighted by molar-refractivity contribution is -0.169. The lowest BCUT2D eigenvalue weighted by atomic mass is 9.91. The van der Waals surface area contributed by atoms with E-state index < -0.39 is 5.60 Å². The minimum Gasteiger partial charge on any atom is -0.491 e. The van der Waals surface area contributed by atoms with Crippen LogP contribution in [0, 0.1) is 6.92 Å². The Morgan fingerprint density at radius 2 is 1.94 bits per heavy atom. The highest BCUT2D eigenvalue weighted by Crippen LogP contribution is 2.30. The van der Waals surface area contributed by atoms with Crippen LogP contribution in [0.1, 0.15) is 40.9 Å². The number of aromatic nitrogens is 2. The molecule has 1 atom stereocenters. The molecule has 0 N–H and O–H groups in total. The topological polar surface area (TPSA) is 76.9 Å². The number of morpholine rings is 1. The molecule has 0 saturated carbocycles. The van der Waals surface area contributed by atoms with Crippen molar-refractivity contribution >= 4 is 11.8 Å². The van der Waals surface area contributed by atoms with Crippen LogP contribution in [0.5, 0.6) is 5.75 Å². The summed E-state index contributed by atoms with van der Waals surface area (Å²) in [6.45, 7) is 3.74. The number of hydrogen-bond donors (Lipinski definition) is 0. The van der Waals surface area contributed by atoms with E-state index in [0.29, 0.717) is 44.0 Å². The van der Waals surface area contributed by atoms with E-state index >= 15 is 0 Å². The lowest BCUT2D eigenvalue weighted by Gasteiger charge is -2.43. The Hall–Kier alpha value is -2.87. The summed E-state index contributed by atoms with van der Waals surface area (Å²) in [5.41, 5.74) is 1.42. The average molecular weight is 441 g/mol. The molecule has 0 bridgehead atoms. The lowest BCUT2D eigenvalue weighted by Crippen LogP contribution is -2.61. The number of carbonyl (C=O) groups excluding carboxylic acids is 2. The molecule has 1 aromatic heterocycles. The second kappa shape index (κ2) is 9.32. The number of benzene rings is 1. The summed E-state index contributed by atoms with van der Waals surface area (Å²) in [5, 5.41) is 4.29. The fraction of sp³-hybridized carbons (Fsp3) is 0.542. The minimum absolute atomic E-state index is 0.0876. The number of hydrogen-bond acceptors (Lipinski definition) is 5. The van der Waals surface area contributed by atoms with Crippen molar-refractivity contribution in [2.75, 3.05) is 39.9 Å². The molecular formula is C24H32N4O4. The van der Waals surface area contributed by atoms with Crippen molar-refractivity contribution in [3.05, 3.63) is 47.3 Å². The molecule has 8 heteroatoms. The van der Waals surface area contributed by atoms with E-state index in [9.17, 15) is 9.59 Å². The third-order valence-electron chi connectivity index (χ3n) is 6.39. The molecular weight excluding hydrogens is 408 g/mol. The predicted octanol–water partition coefficient (Wildman–Crippen LogP) is 2.20. The van der Waals surface area contributed by atoms with Gasteiger partial charge in [-0.3, -0.25) is 14.3 Å². The largest absolute Gasteiger partial charge is 0.491 e. The van der Waals surface area contributed by atoms with Gasteiger partial charge in [0.2, 0.25) is 0 Å². The van der Waals surface area contributed by atoms with Crippen molar-refractivity contribution in [3.63, 3.8) is 0 Å². The molecule has 0 aliphatic carbocycles. The molecule has 1 saturated heterocycles. The second-order valence-electron chi connectivity index (χ2n) is 8.76. The number of likely N-dealkylation sites (N-methyl/N-ethyl adjacent to an activating group) is 1. The Balaban J connectivity index is 1.55. The third kappa shape index (κ3) is 4.50. The molecule has 1 fully saturated rings. The zero-order chi connectivity index (χ0) is 22.7. The summed E-state index contributed by atoms with van der Waals surface area (Å²) >= 11 is 0. The van der Waals surface area contributed by atoms with Crippen molar-refractivity contribution in [2.24, 2.45) is 7.05 Å². The van der Waals surface area contributed by atoms with Gasteiger partial charge in [0, 0.05) is 26.8 Å². The molecule has 3 heterocycles. The van der Waals surface area contributed by atoms with Crippen LogP contribution in [0.25, 0.3) is 0 Å². The van der Waals surface area contributed by atoms with Crippen LogP contribution < -0.4 is 4.74 Å². The molecule has 172 valence electrons. The summed E-state index contributed by atoms with van der Waals surface area (Å²) < 4.78 is 13.8. The number of nitrogens with zero attached hydrogens (tertiary/aromatic N) is 4. The number of amides is 2. The minimum atomic E-state index is -1.03. The average Bonchev–Trinajstić information content (AvgIpc) is 3.13. The molecule has 1 aromatic carbocycles. The van der Waals surface area contributed by atoms with Gasteiger partial charge in [-0.05, 0) is 44.2 Å². The zero-order valence-electron chi connectivity index (χ0n) is 19.2. The Kier molecular flexibility index (Phi) is 6.50. The van der Waals surface area contributed by atoms with Gasteiger partial charge >= 0.3 is 0 Å². The summed E-state index contributed by atoms with van der Waals surface area (Å²) in [6.07, 6.45) is 4.94. The maximum Gasteiger partial charge on any atom is 0.257 e. The Labute approximate surface area is 189 Å². The molecule has 1 unspecified atom stereocenters. The van der Waals surface area contributed by atoms with Crippen LogP contribution in [0.15, 0.2) is 30.5 Å². The Bertz CT molecular complexity index is 988. The van der Waals surface area contributed by atoms with E-state index in [1.807, 2.05) is 25.1 Å². The van der Waals surface area contributed by atoms with Crippen LogP contribution >= 0.6 is 0 Å². The number of aryl methyl sites for hydroxylation is 3.